The van der Waals surface area contributed by atoms with Crippen LogP contribution in [-0.2, 0) is 4.79 Å². The average molecular weight is 292 g/mol. The minimum Gasteiger partial charge on any atom is -0.491 e. The monoisotopic (exact) mass is 292 g/mol. The quantitative estimate of drug-likeness (QED) is 0.703. The lowest BCUT2D eigenvalue weighted by molar-refractivity contribution is -0.124. The molecule has 2 rings (SSSR count). The molecule has 5 heteroatoms. The van der Waals surface area contributed by atoms with Gasteiger partial charge in [-0.15, -0.1) is 0 Å². The van der Waals surface area contributed by atoms with E-state index in [-0.39, 0.29) is 12.5 Å². The second-order valence-corrected chi connectivity index (χ2v) is 5.76. The number of hydrogen-bond donors (Lipinski definition) is 3. The van der Waals surface area contributed by atoms with Gasteiger partial charge in [-0.25, -0.2) is 0 Å². The van der Waals surface area contributed by atoms with Gasteiger partial charge in [0.25, 0.3) is 0 Å². The Morgan fingerprint density at radius 3 is 2.71 bits per heavy atom. The molecule has 0 aromatic heterocycles. The summed E-state index contributed by atoms with van der Waals surface area (Å²) in [5.74, 6) is 0.439. The second kappa shape index (κ2) is 6.91. The van der Waals surface area contributed by atoms with Crippen molar-refractivity contribution in [3.05, 3.63) is 29.8 Å². The number of ether oxygens (including phenoxy) is 1. The zero-order valence-corrected chi connectivity index (χ0v) is 12.5. The number of carbonyl (C=O) groups is 1. The van der Waals surface area contributed by atoms with E-state index in [0.29, 0.717) is 6.54 Å². The molecule has 1 aliphatic rings. The predicted octanol–water partition coefficient (Wildman–Crippen LogP) is 1.12. The lowest BCUT2D eigenvalue weighted by atomic mass is 9.96. The normalized spacial score (nSPS) is 18.4. The summed E-state index contributed by atoms with van der Waals surface area (Å²) in [4.78, 5) is 11.6. The molecule has 116 valence electrons. The molecule has 5 nitrogen and oxygen atoms in total. The molecular formula is C16H24N2O3. The van der Waals surface area contributed by atoms with Crippen LogP contribution in [0.1, 0.15) is 31.2 Å². The molecule has 1 atom stereocenters. The van der Waals surface area contributed by atoms with E-state index in [9.17, 15) is 9.90 Å². The highest BCUT2D eigenvalue weighted by Crippen LogP contribution is 2.29. The van der Waals surface area contributed by atoms with Crippen molar-refractivity contribution in [2.75, 3.05) is 13.2 Å². The number of β-amino-alcohol motifs (C(OH)–C–C–N with tert-alkyl or cyclic N) is 1. The summed E-state index contributed by atoms with van der Waals surface area (Å²) >= 11 is 0. The first kappa shape index (κ1) is 15.8. The summed E-state index contributed by atoms with van der Waals surface area (Å²) in [5, 5.41) is 13.2. The number of benzene rings is 1. The molecule has 1 aliphatic carbocycles. The molecule has 1 aromatic carbocycles. The average Bonchev–Trinajstić information content (AvgIpc) is 2.94. The third-order valence-corrected chi connectivity index (χ3v) is 4.13. The smallest absolute Gasteiger partial charge is 0.237 e. The van der Waals surface area contributed by atoms with E-state index in [1.807, 2.05) is 31.2 Å². The zero-order valence-electron chi connectivity index (χ0n) is 12.5. The van der Waals surface area contributed by atoms with Crippen molar-refractivity contribution in [2.45, 2.75) is 44.2 Å². The fourth-order valence-electron chi connectivity index (χ4n) is 2.77. The molecule has 0 bridgehead atoms. The number of nitrogens with two attached hydrogens (primary N) is 1. The molecule has 1 unspecified atom stereocenters. The summed E-state index contributed by atoms with van der Waals surface area (Å²) < 4.78 is 5.60. The van der Waals surface area contributed by atoms with Crippen molar-refractivity contribution in [1.29, 1.82) is 0 Å². The lowest BCUT2D eigenvalue weighted by Gasteiger charge is -2.28. The maximum atomic E-state index is 11.6. The molecule has 1 amide bonds. The fourth-order valence-corrected chi connectivity index (χ4v) is 2.77. The van der Waals surface area contributed by atoms with Crippen molar-refractivity contribution < 1.29 is 14.6 Å². The summed E-state index contributed by atoms with van der Waals surface area (Å²) in [6.45, 7) is 2.45. The molecule has 1 saturated carbocycles. The first-order chi connectivity index (χ1) is 10.0. The van der Waals surface area contributed by atoms with Gasteiger partial charge in [0.15, 0.2) is 0 Å². The highest BCUT2D eigenvalue weighted by atomic mass is 16.5. The standard InChI is InChI=1S/C16H24N2O3/c1-12-6-2-3-7-14(12)21-11-13(19)10-18-16(15(17)20)8-4-5-9-16/h2-3,6-7,13,18-19H,4-5,8-11H2,1H3,(H2,17,20). The number of amides is 1. The number of hydrogen-bond acceptors (Lipinski definition) is 4. The Bertz CT molecular complexity index is 484. The SMILES string of the molecule is Cc1ccccc1OCC(O)CNC1(C(N)=O)CCCC1. The Hall–Kier alpha value is -1.59. The Balaban J connectivity index is 1.81. The van der Waals surface area contributed by atoms with Gasteiger partial charge in [0.1, 0.15) is 18.5 Å². The van der Waals surface area contributed by atoms with Crippen molar-refractivity contribution in [3.63, 3.8) is 0 Å². The van der Waals surface area contributed by atoms with Gasteiger partial charge in [-0.2, -0.15) is 0 Å². The van der Waals surface area contributed by atoms with Gasteiger partial charge in [0.05, 0.1) is 5.54 Å². The molecule has 0 radical (unpaired) electrons. The van der Waals surface area contributed by atoms with E-state index in [4.69, 9.17) is 10.5 Å². The van der Waals surface area contributed by atoms with Crippen LogP contribution in [0.25, 0.3) is 0 Å². The molecule has 0 aliphatic heterocycles. The molecule has 0 heterocycles. The molecule has 1 fully saturated rings. The van der Waals surface area contributed by atoms with E-state index in [1.165, 1.54) is 0 Å². The van der Waals surface area contributed by atoms with Crippen LogP contribution in [0, 0.1) is 6.92 Å². The molecule has 0 spiro atoms. The third kappa shape index (κ3) is 3.95. The number of carbonyl (C=O) groups excluding carboxylic acids is 1. The van der Waals surface area contributed by atoms with Gasteiger partial charge >= 0.3 is 0 Å². The van der Waals surface area contributed by atoms with Crippen LogP contribution < -0.4 is 15.8 Å². The maximum Gasteiger partial charge on any atom is 0.237 e. The fraction of sp³-hybridized carbons (Fsp3) is 0.562. The van der Waals surface area contributed by atoms with Crippen LogP contribution >= 0.6 is 0 Å². The zero-order chi connectivity index (χ0) is 15.3. The third-order valence-electron chi connectivity index (χ3n) is 4.13. The van der Waals surface area contributed by atoms with E-state index < -0.39 is 11.6 Å². The minimum absolute atomic E-state index is 0.187. The van der Waals surface area contributed by atoms with Crippen LogP contribution in [0.2, 0.25) is 0 Å². The molecule has 1 aromatic rings. The second-order valence-electron chi connectivity index (χ2n) is 5.76. The van der Waals surface area contributed by atoms with Gasteiger partial charge in [0.2, 0.25) is 5.91 Å². The lowest BCUT2D eigenvalue weighted by Crippen LogP contribution is -2.55. The van der Waals surface area contributed by atoms with Crippen molar-refractivity contribution in [1.82, 2.24) is 5.32 Å². The Labute approximate surface area is 125 Å². The van der Waals surface area contributed by atoms with Gasteiger partial charge in [-0.3, -0.25) is 4.79 Å². The van der Waals surface area contributed by atoms with Gasteiger partial charge < -0.3 is 20.9 Å². The van der Waals surface area contributed by atoms with Crippen LogP contribution in [0.4, 0.5) is 0 Å². The summed E-state index contributed by atoms with van der Waals surface area (Å²) in [7, 11) is 0. The van der Waals surface area contributed by atoms with Gasteiger partial charge in [-0.1, -0.05) is 31.0 Å². The van der Waals surface area contributed by atoms with E-state index in [1.54, 1.807) is 0 Å². The Kier molecular flexibility index (Phi) is 5.20. The highest BCUT2D eigenvalue weighted by Gasteiger charge is 2.39. The largest absolute Gasteiger partial charge is 0.491 e. The first-order valence-corrected chi connectivity index (χ1v) is 7.45. The number of aliphatic hydroxyl groups excluding tert-OH is 1. The van der Waals surface area contributed by atoms with Crippen molar-refractivity contribution in [2.24, 2.45) is 5.73 Å². The summed E-state index contributed by atoms with van der Waals surface area (Å²) in [6, 6.07) is 7.67. The number of aliphatic hydroxyl groups is 1. The number of primary amides is 1. The predicted molar refractivity (Wildman–Crippen MR) is 81.1 cm³/mol. The first-order valence-electron chi connectivity index (χ1n) is 7.45. The summed E-state index contributed by atoms with van der Waals surface area (Å²) in [6.07, 6.45) is 2.79. The molecule has 0 saturated heterocycles. The van der Waals surface area contributed by atoms with Gasteiger partial charge in [0, 0.05) is 6.54 Å². The minimum atomic E-state index is -0.679. The highest BCUT2D eigenvalue weighted by molar-refractivity contribution is 5.85. The Morgan fingerprint density at radius 2 is 2.10 bits per heavy atom. The van der Waals surface area contributed by atoms with Crippen LogP contribution in [0.5, 0.6) is 5.75 Å². The number of para-hydroxylation sites is 1. The Morgan fingerprint density at radius 1 is 1.43 bits per heavy atom. The number of rotatable bonds is 7. The molecule has 4 N–H and O–H groups in total. The van der Waals surface area contributed by atoms with Crippen LogP contribution in [-0.4, -0.2) is 35.8 Å². The number of aryl methyl sites for hydroxylation is 1. The van der Waals surface area contributed by atoms with Crippen molar-refractivity contribution >= 4 is 5.91 Å². The van der Waals surface area contributed by atoms with Crippen LogP contribution in [0.15, 0.2) is 24.3 Å². The summed E-state index contributed by atoms with van der Waals surface area (Å²) in [5.41, 5.74) is 5.87. The van der Waals surface area contributed by atoms with E-state index >= 15 is 0 Å². The van der Waals surface area contributed by atoms with Crippen molar-refractivity contribution in [3.8, 4) is 5.75 Å². The molecular weight excluding hydrogens is 268 g/mol. The van der Waals surface area contributed by atoms with E-state index in [0.717, 1.165) is 37.0 Å². The number of nitrogens with one attached hydrogen (secondary N) is 1. The van der Waals surface area contributed by atoms with E-state index in [2.05, 4.69) is 5.32 Å². The maximum absolute atomic E-state index is 11.6. The van der Waals surface area contributed by atoms with Gasteiger partial charge in [-0.05, 0) is 31.4 Å². The van der Waals surface area contributed by atoms with Crippen LogP contribution in [0.3, 0.4) is 0 Å². The molecule has 21 heavy (non-hydrogen) atoms. The topological polar surface area (TPSA) is 84.6 Å².